The number of aromatic hydroxyl groups is 1. The van der Waals surface area contributed by atoms with Crippen molar-refractivity contribution in [2.75, 3.05) is 0 Å². The van der Waals surface area contributed by atoms with Crippen LogP contribution in [0.2, 0.25) is 0 Å². The Balaban J connectivity index is 1.43. The standard InChI is InChI=1S/C19H14F3N3O5/c20-7-1-10(21)8(11(22)2-7)4-23-18(28)9-5-24-6-14-25(12-3-13(12)30-14)19(29)15(24)17(27)16(9)26/h1-2,5,12-14,27H,3-4,6H2,(H,23,28)/t12?,13-,14?/m1/s1. The first-order valence-electron chi connectivity index (χ1n) is 9.12. The van der Waals surface area contributed by atoms with Crippen molar-refractivity contribution >= 4 is 11.8 Å². The van der Waals surface area contributed by atoms with Crippen LogP contribution in [-0.2, 0) is 17.8 Å². The summed E-state index contributed by atoms with van der Waals surface area (Å²) in [6.07, 6.45) is 1.18. The Morgan fingerprint density at radius 1 is 1.23 bits per heavy atom. The largest absolute Gasteiger partial charge is 0.503 e. The average Bonchev–Trinajstić information content (AvgIpc) is 3.33. The summed E-state index contributed by atoms with van der Waals surface area (Å²) < 4.78 is 47.4. The lowest BCUT2D eigenvalue weighted by molar-refractivity contribution is -0.0223. The van der Waals surface area contributed by atoms with Gasteiger partial charge in [0.2, 0.25) is 5.43 Å². The van der Waals surface area contributed by atoms with Gasteiger partial charge in [0.25, 0.3) is 11.8 Å². The summed E-state index contributed by atoms with van der Waals surface area (Å²) in [5.41, 5.74) is -2.42. The van der Waals surface area contributed by atoms with Gasteiger partial charge in [-0.05, 0) is 6.42 Å². The molecule has 3 atom stereocenters. The molecule has 1 aromatic carbocycles. The number of halogens is 3. The van der Waals surface area contributed by atoms with E-state index in [1.807, 2.05) is 0 Å². The minimum atomic E-state index is -1.19. The first-order valence-corrected chi connectivity index (χ1v) is 9.12. The van der Waals surface area contributed by atoms with Crippen LogP contribution in [0.4, 0.5) is 13.2 Å². The quantitative estimate of drug-likeness (QED) is 0.766. The lowest BCUT2D eigenvalue weighted by Crippen LogP contribution is -2.48. The third kappa shape index (κ3) is 2.69. The van der Waals surface area contributed by atoms with Gasteiger partial charge in [-0.25, -0.2) is 13.2 Å². The smallest absolute Gasteiger partial charge is 0.276 e. The zero-order valence-corrected chi connectivity index (χ0v) is 15.2. The Hall–Kier alpha value is -3.34. The fourth-order valence-electron chi connectivity index (χ4n) is 3.97. The summed E-state index contributed by atoms with van der Waals surface area (Å²) in [6, 6.07) is 0.857. The molecule has 0 bridgehead atoms. The monoisotopic (exact) mass is 421 g/mol. The number of amides is 2. The minimum absolute atomic E-state index is 0.0639. The van der Waals surface area contributed by atoms with Crippen molar-refractivity contribution in [3.8, 4) is 5.75 Å². The van der Waals surface area contributed by atoms with Gasteiger partial charge in [-0.3, -0.25) is 14.4 Å². The number of hydrogen-bond donors (Lipinski definition) is 2. The van der Waals surface area contributed by atoms with Gasteiger partial charge in [-0.2, -0.15) is 0 Å². The normalized spacial score (nSPS) is 23.6. The van der Waals surface area contributed by atoms with Crippen LogP contribution >= 0.6 is 0 Å². The highest BCUT2D eigenvalue weighted by Crippen LogP contribution is 2.44. The van der Waals surface area contributed by atoms with Crippen LogP contribution in [0.5, 0.6) is 5.75 Å². The molecule has 0 radical (unpaired) electrons. The molecule has 11 heteroatoms. The van der Waals surface area contributed by atoms with Gasteiger partial charge in [0.05, 0.1) is 18.7 Å². The molecule has 1 saturated carbocycles. The molecule has 2 unspecified atom stereocenters. The second-order valence-electron chi connectivity index (χ2n) is 7.40. The lowest BCUT2D eigenvalue weighted by Gasteiger charge is -2.33. The molecule has 2 amide bonds. The van der Waals surface area contributed by atoms with E-state index in [9.17, 15) is 32.7 Å². The van der Waals surface area contributed by atoms with Gasteiger partial charge in [-0.1, -0.05) is 0 Å². The van der Waals surface area contributed by atoms with Gasteiger partial charge >= 0.3 is 0 Å². The zero-order valence-electron chi connectivity index (χ0n) is 15.2. The van der Waals surface area contributed by atoms with E-state index >= 15 is 0 Å². The molecule has 1 saturated heterocycles. The average molecular weight is 421 g/mol. The van der Waals surface area contributed by atoms with E-state index in [2.05, 4.69) is 5.32 Å². The van der Waals surface area contributed by atoms with E-state index in [0.717, 1.165) is 6.20 Å². The number of rotatable bonds is 3. The van der Waals surface area contributed by atoms with Gasteiger partial charge < -0.3 is 24.6 Å². The summed E-state index contributed by atoms with van der Waals surface area (Å²) in [6.45, 7) is -0.538. The molecule has 30 heavy (non-hydrogen) atoms. The van der Waals surface area contributed by atoms with Crippen molar-refractivity contribution in [1.82, 2.24) is 14.8 Å². The third-order valence-electron chi connectivity index (χ3n) is 5.52. The molecule has 2 N–H and O–H groups in total. The van der Waals surface area contributed by atoms with Crippen LogP contribution in [0.15, 0.2) is 23.1 Å². The van der Waals surface area contributed by atoms with Gasteiger partial charge in [0, 0.05) is 30.4 Å². The molecule has 2 fully saturated rings. The van der Waals surface area contributed by atoms with Crippen LogP contribution in [0.1, 0.15) is 32.8 Å². The van der Waals surface area contributed by atoms with Crippen molar-refractivity contribution in [2.24, 2.45) is 0 Å². The number of hydrogen-bond acceptors (Lipinski definition) is 5. The Morgan fingerprint density at radius 2 is 1.93 bits per heavy atom. The summed E-state index contributed by atoms with van der Waals surface area (Å²) in [7, 11) is 0. The van der Waals surface area contributed by atoms with E-state index < -0.39 is 64.3 Å². The third-order valence-corrected chi connectivity index (χ3v) is 5.52. The molecule has 1 aliphatic carbocycles. The van der Waals surface area contributed by atoms with E-state index in [1.54, 1.807) is 0 Å². The van der Waals surface area contributed by atoms with Gasteiger partial charge in [-0.15, -0.1) is 0 Å². The van der Waals surface area contributed by atoms with Crippen molar-refractivity contribution in [2.45, 2.75) is 37.9 Å². The van der Waals surface area contributed by atoms with E-state index in [-0.39, 0.29) is 24.4 Å². The minimum Gasteiger partial charge on any atom is -0.503 e. The second-order valence-corrected chi connectivity index (χ2v) is 7.40. The van der Waals surface area contributed by atoms with Crippen LogP contribution in [0.3, 0.4) is 0 Å². The molecule has 1 aromatic heterocycles. The fourth-order valence-corrected chi connectivity index (χ4v) is 3.97. The number of benzene rings is 1. The topological polar surface area (TPSA) is 101 Å². The zero-order chi connectivity index (χ0) is 21.3. The summed E-state index contributed by atoms with van der Waals surface area (Å²) in [4.78, 5) is 39.1. The maximum Gasteiger partial charge on any atom is 0.276 e. The Morgan fingerprint density at radius 3 is 2.63 bits per heavy atom. The number of ether oxygens (including phenoxy) is 1. The molecular formula is C19H14F3N3O5. The number of carbonyl (C=O) groups is 2. The lowest BCUT2D eigenvalue weighted by atomic mass is 10.1. The molecule has 8 nitrogen and oxygen atoms in total. The van der Waals surface area contributed by atoms with E-state index in [1.165, 1.54) is 9.47 Å². The SMILES string of the molecule is O=C(NCc1c(F)cc(F)cc1F)c1cn2c(c(O)c1=O)C(=O)N1C(C2)O[C@@H]2CC21. The fraction of sp³-hybridized carbons (Fsp3) is 0.316. The number of nitrogens with one attached hydrogen (secondary N) is 1. The Bertz CT molecular complexity index is 1160. The highest BCUT2D eigenvalue weighted by Gasteiger charge is 2.58. The summed E-state index contributed by atoms with van der Waals surface area (Å²) in [5, 5.41) is 12.5. The van der Waals surface area contributed by atoms with Gasteiger partial charge in [0.1, 0.15) is 23.0 Å². The number of aromatic nitrogens is 1. The Kier molecular flexibility index (Phi) is 3.94. The van der Waals surface area contributed by atoms with E-state index in [0.29, 0.717) is 18.6 Å². The maximum absolute atomic E-state index is 13.7. The highest BCUT2D eigenvalue weighted by molar-refractivity contribution is 5.99. The number of fused-ring (bicyclic) bond motifs is 4. The van der Waals surface area contributed by atoms with E-state index in [4.69, 9.17) is 4.74 Å². The van der Waals surface area contributed by atoms with Gasteiger partial charge in [0.15, 0.2) is 17.7 Å². The molecule has 156 valence electrons. The maximum atomic E-state index is 13.7. The van der Waals surface area contributed by atoms with Crippen molar-refractivity contribution in [3.05, 3.63) is 62.8 Å². The second kappa shape index (κ2) is 6.33. The molecule has 2 aromatic rings. The number of pyridine rings is 1. The van der Waals surface area contributed by atoms with Crippen LogP contribution in [0.25, 0.3) is 0 Å². The number of carbonyl (C=O) groups excluding carboxylic acids is 2. The summed E-state index contributed by atoms with van der Waals surface area (Å²) in [5.74, 6) is -5.95. The molecule has 3 aliphatic rings. The molecule has 3 heterocycles. The highest BCUT2D eigenvalue weighted by atomic mass is 19.1. The predicted octanol–water partition coefficient (Wildman–Crippen LogP) is 0.854. The summed E-state index contributed by atoms with van der Waals surface area (Å²) >= 11 is 0. The first kappa shape index (κ1) is 18.7. The first-order chi connectivity index (χ1) is 14.3. The molecule has 5 rings (SSSR count). The molecule has 0 spiro atoms. The van der Waals surface area contributed by atoms with Crippen LogP contribution < -0.4 is 10.7 Å². The predicted molar refractivity (Wildman–Crippen MR) is 93.1 cm³/mol. The van der Waals surface area contributed by atoms with Crippen molar-refractivity contribution in [1.29, 1.82) is 0 Å². The van der Waals surface area contributed by atoms with Crippen molar-refractivity contribution < 1.29 is 32.6 Å². The van der Waals surface area contributed by atoms with Crippen LogP contribution in [-0.4, -0.2) is 44.8 Å². The Labute approximate surface area is 166 Å². The number of nitrogens with zero attached hydrogens (tertiary/aromatic N) is 2. The molecular weight excluding hydrogens is 407 g/mol. The van der Waals surface area contributed by atoms with Crippen LogP contribution in [0, 0.1) is 17.5 Å². The molecule has 2 aliphatic heterocycles. The van der Waals surface area contributed by atoms with Crippen molar-refractivity contribution in [3.63, 3.8) is 0 Å².